The molecule has 5 nitrogen and oxygen atoms in total. The molecule has 1 aromatic rings. The van der Waals surface area contributed by atoms with E-state index >= 15 is 0 Å². The SMILES string of the molecule is CCC1(CC)NC(=O)C(C)N(Cc2scnc2C)C1=O. The molecule has 2 amide bonds. The molecule has 0 aliphatic carbocycles. The topological polar surface area (TPSA) is 62.3 Å². The molecule has 1 aliphatic heterocycles. The molecule has 0 radical (unpaired) electrons. The van der Waals surface area contributed by atoms with Crippen molar-refractivity contribution in [3.63, 3.8) is 0 Å². The maximum Gasteiger partial charge on any atom is 0.249 e. The van der Waals surface area contributed by atoms with E-state index in [9.17, 15) is 9.59 Å². The molecule has 0 aromatic carbocycles. The van der Waals surface area contributed by atoms with Gasteiger partial charge in [-0.15, -0.1) is 11.3 Å². The maximum atomic E-state index is 12.8. The summed E-state index contributed by atoms with van der Waals surface area (Å²) in [6, 6.07) is -0.435. The normalized spacial score (nSPS) is 22.0. The molecule has 6 heteroatoms. The Labute approximate surface area is 123 Å². The number of aromatic nitrogens is 1. The van der Waals surface area contributed by atoms with Crippen molar-refractivity contribution in [1.29, 1.82) is 0 Å². The largest absolute Gasteiger partial charge is 0.340 e. The second-order valence-electron chi connectivity index (χ2n) is 5.25. The Bertz CT molecular complexity index is 522. The van der Waals surface area contributed by atoms with Crippen LogP contribution in [-0.4, -0.2) is 33.3 Å². The predicted octanol–water partition coefficient (Wildman–Crippen LogP) is 1.86. The smallest absolute Gasteiger partial charge is 0.249 e. The fraction of sp³-hybridized carbons (Fsp3) is 0.643. The van der Waals surface area contributed by atoms with Crippen molar-refractivity contribution in [2.45, 2.75) is 58.7 Å². The summed E-state index contributed by atoms with van der Waals surface area (Å²) in [4.78, 5) is 31.9. The standard InChI is InChI=1S/C14H21N3O2S/c1-5-14(6-2)13(19)17(10(4)12(18)16-14)7-11-9(3)15-8-20-11/h8,10H,5-7H2,1-4H3,(H,16,18). The molecule has 1 fully saturated rings. The molecule has 1 saturated heterocycles. The fourth-order valence-electron chi connectivity index (χ4n) is 2.56. The predicted molar refractivity (Wildman–Crippen MR) is 78.3 cm³/mol. The lowest BCUT2D eigenvalue weighted by atomic mass is 9.87. The summed E-state index contributed by atoms with van der Waals surface area (Å²) in [5.41, 5.74) is 1.96. The summed E-state index contributed by atoms with van der Waals surface area (Å²) in [7, 11) is 0. The zero-order valence-electron chi connectivity index (χ0n) is 12.4. The summed E-state index contributed by atoms with van der Waals surface area (Å²) in [5.74, 6) is -0.0575. The molecule has 1 N–H and O–H groups in total. The third kappa shape index (κ3) is 2.32. The van der Waals surface area contributed by atoms with Crippen molar-refractivity contribution in [2.24, 2.45) is 0 Å². The Hall–Kier alpha value is -1.43. The fourth-order valence-corrected chi connectivity index (χ4v) is 3.33. The molecule has 1 atom stereocenters. The molecule has 110 valence electrons. The Morgan fingerprint density at radius 2 is 2.05 bits per heavy atom. The van der Waals surface area contributed by atoms with Crippen LogP contribution in [0.1, 0.15) is 44.2 Å². The van der Waals surface area contributed by atoms with Crippen LogP contribution in [0.5, 0.6) is 0 Å². The van der Waals surface area contributed by atoms with Gasteiger partial charge in [0.1, 0.15) is 11.6 Å². The average molecular weight is 295 g/mol. The summed E-state index contributed by atoms with van der Waals surface area (Å²) in [6.07, 6.45) is 1.22. The first-order chi connectivity index (χ1) is 9.45. The van der Waals surface area contributed by atoms with Crippen LogP contribution in [0, 0.1) is 6.92 Å². The van der Waals surface area contributed by atoms with Gasteiger partial charge < -0.3 is 10.2 Å². The molecule has 20 heavy (non-hydrogen) atoms. The summed E-state index contributed by atoms with van der Waals surface area (Å²) in [6.45, 7) is 8.05. The lowest BCUT2D eigenvalue weighted by Crippen LogP contribution is -2.69. The van der Waals surface area contributed by atoms with Crippen LogP contribution in [0.25, 0.3) is 0 Å². The van der Waals surface area contributed by atoms with Gasteiger partial charge in [0, 0.05) is 4.88 Å². The van der Waals surface area contributed by atoms with E-state index < -0.39 is 11.6 Å². The van der Waals surface area contributed by atoms with Crippen LogP contribution in [-0.2, 0) is 16.1 Å². The van der Waals surface area contributed by atoms with E-state index in [-0.39, 0.29) is 11.8 Å². The van der Waals surface area contributed by atoms with Crippen LogP contribution in [0.2, 0.25) is 0 Å². The van der Waals surface area contributed by atoms with Gasteiger partial charge in [-0.2, -0.15) is 0 Å². The molecule has 1 aromatic heterocycles. The third-order valence-corrected chi connectivity index (χ3v) is 5.17. The van der Waals surface area contributed by atoms with E-state index in [2.05, 4.69) is 10.3 Å². The number of nitrogens with one attached hydrogen (secondary N) is 1. The van der Waals surface area contributed by atoms with E-state index in [0.717, 1.165) is 10.6 Å². The Morgan fingerprint density at radius 3 is 2.55 bits per heavy atom. The van der Waals surface area contributed by atoms with E-state index in [4.69, 9.17) is 0 Å². The van der Waals surface area contributed by atoms with Gasteiger partial charge in [0.15, 0.2) is 0 Å². The summed E-state index contributed by atoms with van der Waals surface area (Å²) >= 11 is 1.53. The van der Waals surface area contributed by atoms with Crippen molar-refractivity contribution in [3.05, 3.63) is 16.1 Å². The van der Waals surface area contributed by atoms with Crippen LogP contribution in [0.3, 0.4) is 0 Å². The Morgan fingerprint density at radius 1 is 1.40 bits per heavy atom. The second-order valence-corrected chi connectivity index (χ2v) is 6.19. The van der Waals surface area contributed by atoms with Crippen LogP contribution in [0.4, 0.5) is 0 Å². The van der Waals surface area contributed by atoms with Crippen molar-refractivity contribution in [2.75, 3.05) is 0 Å². The van der Waals surface area contributed by atoms with E-state index in [1.165, 1.54) is 11.3 Å². The first-order valence-corrected chi connectivity index (χ1v) is 7.85. The number of aryl methyl sites for hydroxylation is 1. The van der Waals surface area contributed by atoms with Crippen LogP contribution >= 0.6 is 11.3 Å². The molecular weight excluding hydrogens is 274 g/mol. The molecule has 2 rings (SSSR count). The number of rotatable bonds is 4. The number of hydrogen-bond donors (Lipinski definition) is 1. The highest BCUT2D eigenvalue weighted by Crippen LogP contribution is 2.27. The number of carbonyl (C=O) groups is 2. The van der Waals surface area contributed by atoms with Gasteiger partial charge in [0.2, 0.25) is 11.8 Å². The molecular formula is C14H21N3O2S. The highest BCUT2D eigenvalue weighted by atomic mass is 32.1. The van der Waals surface area contributed by atoms with Gasteiger partial charge >= 0.3 is 0 Å². The summed E-state index contributed by atoms with van der Waals surface area (Å²) < 4.78 is 0. The quantitative estimate of drug-likeness (QED) is 0.922. The third-order valence-electron chi connectivity index (χ3n) is 4.25. The number of nitrogens with zero attached hydrogens (tertiary/aromatic N) is 2. The second kappa shape index (κ2) is 5.52. The van der Waals surface area contributed by atoms with E-state index in [1.807, 2.05) is 20.8 Å². The summed E-state index contributed by atoms with van der Waals surface area (Å²) in [5, 5.41) is 2.91. The lowest BCUT2D eigenvalue weighted by molar-refractivity contribution is -0.155. The van der Waals surface area contributed by atoms with Gasteiger partial charge in [0.25, 0.3) is 0 Å². The highest BCUT2D eigenvalue weighted by Gasteiger charge is 2.47. The van der Waals surface area contributed by atoms with Crippen LogP contribution in [0.15, 0.2) is 5.51 Å². The van der Waals surface area contributed by atoms with Crippen molar-refractivity contribution in [1.82, 2.24) is 15.2 Å². The Kier molecular flexibility index (Phi) is 4.13. The molecule has 1 unspecified atom stereocenters. The van der Waals surface area contributed by atoms with Crippen molar-refractivity contribution >= 4 is 23.2 Å². The Balaban J connectivity index is 2.31. The van der Waals surface area contributed by atoms with Crippen LogP contribution < -0.4 is 5.32 Å². The van der Waals surface area contributed by atoms with Gasteiger partial charge in [0.05, 0.1) is 17.7 Å². The number of thiazole rings is 1. The minimum atomic E-state index is -0.748. The number of amides is 2. The minimum Gasteiger partial charge on any atom is -0.340 e. The monoisotopic (exact) mass is 295 g/mol. The molecule has 1 aliphatic rings. The van der Waals surface area contributed by atoms with E-state index in [0.29, 0.717) is 19.4 Å². The van der Waals surface area contributed by atoms with Crippen molar-refractivity contribution in [3.8, 4) is 0 Å². The number of carbonyl (C=O) groups excluding carboxylic acids is 2. The molecule has 2 heterocycles. The zero-order chi connectivity index (χ0) is 14.9. The average Bonchev–Trinajstić information content (AvgIpc) is 2.84. The molecule has 0 spiro atoms. The van der Waals surface area contributed by atoms with Gasteiger partial charge in [-0.3, -0.25) is 9.59 Å². The first kappa shape index (κ1) is 15.0. The van der Waals surface area contributed by atoms with Gasteiger partial charge in [-0.1, -0.05) is 13.8 Å². The minimum absolute atomic E-state index is 0.0161. The molecule has 0 saturated carbocycles. The lowest BCUT2D eigenvalue weighted by Gasteiger charge is -2.44. The first-order valence-electron chi connectivity index (χ1n) is 6.97. The highest BCUT2D eigenvalue weighted by molar-refractivity contribution is 7.09. The molecule has 0 bridgehead atoms. The number of hydrogen-bond acceptors (Lipinski definition) is 4. The maximum absolute atomic E-state index is 12.8. The van der Waals surface area contributed by atoms with Gasteiger partial charge in [-0.25, -0.2) is 4.98 Å². The van der Waals surface area contributed by atoms with Crippen molar-refractivity contribution < 1.29 is 9.59 Å². The number of piperazine rings is 1. The van der Waals surface area contributed by atoms with E-state index in [1.54, 1.807) is 17.3 Å². The zero-order valence-corrected chi connectivity index (χ0v) is 13.2. The van der Waals surface area contributed by atoms with Gasteiger partial charge in [-0.05, 0) is 26.7 Å².